The highest BCUT2D eigenvalue weighted by Crippen LogP contribution is 1.97. The standard InChI is InChI=1S/C9H22N2O3S/c1-9(2)10-5-8-15(12,13)11(3)6-7-14-4/h9-10H,5-8H2,1-4H3. The molecule has 0 radical (unpaired) electrons. The lowest BCUT2D eigenvalue weighted by Crippen LogP contribution is -2.37. The first-order chi connectivity index (χ1) is 6.90. The summed E-state index contributed by atoms with van der Waals surface area (Å²) in [7, 11) is -0.00789. The number of ether oxygens (including phenoxy) is 1. The Hall–Kier alpha value is -0.170. The Bertz CT molecular complexity index is 252. The van der Waals surface area contributed by atoms with Crippen molar-refractivity contribution >= 4 is 10.0 Å². The molecule has 0 saturated carbocycles. The molecule has 0 aromatic carbocycles. The Morgan fingerprint density at radius 2 is 2.00 bits per heavy atom. The highest BCUT2D eigenvalue weighted by Gasteiger charge is 2.16. The molecule has 0 aromatic heterocycles. The quantitative estimate of drug-likeness (QED) is 0.641. The molecule has 0 rings (SSSR count). The van der Waals surface area contributed by atoms with E-state index >= 15 is 0 Å². The van der Waals surface area contributed by atoms with Gasteiger partial charge in [0.25, 0.3) is 0 Å². The Labute approximate surface area is 92.8 Å². The highest BCUT2D eigenvalue weighted by atomic mass is 32.2. The second kappa shape index (κ2) is 7.16. The van der Waals surface area contributed by atoms with Crippen LogP contribution in [0.2, 0.25) is 0 Å². The van der Waals surface area contributed by atoms with Gasteiger partial charge in [-0.25, -0.2) is 12.7 Å². The summed E-state index contributed by atoms with van der Waals surface area (Å²) in [6.07, 6.45) is 0. The van der Waals surface area contributed by atoms with Crippen LogP contribution in [0, 0.1) is 0 Å². The van der Waals surface area contributed by atoms with Crippen LogP contribution in [-0.4, -0.2) is 58.4 Å². The third kappa shape index (κ3) is 6.83. The van der Waals surface area contributed by atoms with E-state index in [1.165, 1.54) is 4.31 Å². The maximum Gasteiger partial charge on any atom is 0.215 e. The average Bonchev–Trinajstić information content (AvgIpc) is 2.13. The summed E-state index contributed by atoms with van der Waals surface area (Å²) in [5.41, 5.74) is 0. The number of likely N-dealkylation sites (N-methyl/N-ethyl adjacent to an activating group) is 1. The topological polar surface area (TPSA) is 58.6 Å². The van der Waals surface area contributed by atoms with E-state index in [0.29, 0.717) is 25.7 Å². The average molecular weight is 238 g/mol. The van der Waals surface area contributed by atoms with Crippen LogP contribution in [0.1, 0.15) is 13.8 Å². The number of hydrogen-bond donors (Lipinski definition) is 1. The molecule has 0 saturated heterocycles. The molecule has 0 bridgehead atoms. The normalized spacial score (nSPS) is 12.7. The molecule has 0 atom stereocenters. The van der Waals surface area contributed by atoms with Gasteiger partial charge in [0.2, 0.25) is 10.0 Å². The lowest BCUT2D eigenvalue weighted by Gasteiger charge is -2.17. The van der Waals surface area contributed by atoms with Gasteiger partial charge in [-0.05, 0) is 0 Å². The van der Waals surface area contributed by atoms with Gasteiger partial charge in [-0.3, -0.25) is 0 Å². The van der Waals surface area contributed by atoms with E-state index in [2.05, 4.69) is 5.32 Å². The van der Waals surface area contributed by atoms with Gasteiger partial charge in [-0.2, -0.15) is 0 Å². The smallest absolute Gasteiger partial charge is 0.215 e. The minimum atomic E-state index is -3.14. The molecule has 0 unspecified atom stereocenters. The summed E-state index contributed by atoms with van der Waals surface area (Å²) in [4.78, 5) is 0. The summed E-state index contributed by atoms with van der Waals surface area (Å²) in [6.45, 7) is 5.29. The summed E-state index contributed by atoms with van der Waals surface area (Å²) in [5.74, 6) is 0.130. The molecule has 0 heterocycles. The van der Waals surface area contributed by atoms with Crippen LogP contribution < -0.4 is 5.32 Å². The van der Waals surface area contributed by atoms with Gasteiger partial charge in [-0.15, -0.1) is 0 Å². The van der Waals surface area contributed by atoms with E-state index < -0.39 is 10.0 Å². The summed E-state index contributed by atoms with van der Waals surface area (Å²) in [5, 5.41) is 3.08. The number of hydrogen-bond acceptors (Lipinski definition) is 4. The predicted octanol–water partition coefficient (Wildman–Crippen LogP) is -0.108. The number of methoxy groups -OCH3 is 1. The number of nitrogens with one attached hydrogen (secondary N) is 1. The lowest BCUT2D eigenvalue weighted by molar-refractivity contribution is 0.185. The van der Waals surface area contributed by atoms with Crippen molar-refractivity contribution in [2.75, 3.05) is 39.6 Å². The fourth-order valence-electron chi connectivity index (χ4n) is 0.991. The first-order valence-corrected chi connectivity index (χ1v) is 6.67. The van der Waals surface area contributed by atoms with Crippen molar-refractivity contribution < 1.29 is 13.2 Å². The van der Waals surface area contributed by atoms with E-state index in [9.17, 15) is 8.42 Å². The molecule has 15 heavy (non-hydrogen) atoms. The SMILES string of the molecule is COCCN(C)S(=O)(=O)CCNC(C)C. The zero-order valence-electron chi connectivity index (χ0n) is 9.99. The van der Waals surface area contributed by atoms with E-state index in [1.807, 2.05) is 13.8 Å². The second-order valence-electron chi connectivity index (χ2n) is 3.74. The largest absolute Gasteiger partial charge is 0.383 e. The molecule has 0 fully saturated rings. The maximum atomic E-state index is 11.6. The Morgan fingerprint density at radius 3 is 2.47 bits per heavy atom. The zero-order valence-corrected chi connectivity index (χ0v) is 10.8. The third-order valence-electron chi connectivity index (χ3n) is 2.00. The summed E-state index contributed by atoms with van der Waals surface area (Å²) < 4.78 is 29.5. The fraction of sp³-hybridized carbons (Fsp3) is 1.00. The van der Waals surface area contributed by atoms with Gasteiger partial charge in [0.05, 0.1) is 12.4 Å². The Kier molecular flexibility index (Phi) is 7.08. The molecule has 0 spiro atoms. The predicted molar refractivity (Wildman–Crippen MR) is 61.4 cm³/mol. The molecule has 92 valence electrons. The molecule has 0 aliphatic carbocycles. The van der Waals surface area contributed by atoms with Crippen molar-refractivity contribution in [3.05, 3.63) is 0 Å². The third-order valence-corrected chi connectivity index (χ3v) is 3.85. The molecule has 0 aliphatic heterocycles. The van der Waals surface area contributed by atoms with Crippen LogP contribution >= 0.6 is 0 Å². The molecular weight excluding hydrogens is 216 g/mol. The summed E-state index contributed by atoms with van der Waals surface area (Å²) >= 11 is 0. The van der Waals surface area contributed by atoms with Crippen molar-refractivity contribution in [2.24, 2.45) is 0 Å². The molecule has 0 amide bonds. The fourth-order valence-corrected chi connectivity index (χ4v) is 2.03. The summed E-state index contributed by atoms with van der Waals surface area (Å²) in [6, 6.07) is 0.310. The van der Waals surface area contributed by atoms with Crippen molar-refractivity contribution in [1.29, 1.82) is 0 Å². The van der Waals surface area contributed by atoms with Crippen LogP contribution in [0.4, 0.5) is 0 Å². The van der Waals surface area contributed by atoms with Crippen LogP contribution in [0.3, 0.4) is 0 Å². The molecule has 0 aromatic rings. The minimum absolute atomic E-state index is 0.130. The van der Waals surface area contributed by atoms with Crippen molar-refractivity contribution in [1.82, 2.24) is 9.62 Å². The molecule has 5 nitrogen and oxygen atoms in total. The van der Waals surface area contributed by atoms with E-state index in [1.54, 1.807) is 14.2 Å². The van der Waals surface area contributed by atoms with Crippen LogP contribution in [0.15, 0.2) is 0 Å². The van der Waals surface area contributed by atoms with Crippen LogP contribution in [0.25, 0.3) is 0 Å². The van der Waals surface area contributed by atoms with Crippen molar-refractivity contribution in [3.63, 3.8) is 0 Å². The van der Waals surface area contributed by atoms with E-state index in [0.717, 1.165) is 0 Å². The van der Waals surface area contributed by atoms with Crippen molar-refractivity contribution in [3.8, 4) is 0 Å². The van der Waals surface area contributed by atoms with Gasteiger partial charge in [0, 0.05) is 33.3 Å². The highest BCUT2D eigenvalue weighted by molar-refractivity contribution is 7.89. The number of sulfonamides is 1. The second-order valence-corrected chi connectivity index (χ2v) is 5.93. The molecule has 0 aliphatic rings. The minimum Gasteiger partial charge on any atom is -0.383 e. The number of rotatable bonds is 8. The van der Waals surface area contributed by atoms with E-state index in [-0.39, 0.29) is 5.75 Å². The molecular formula is C9H22N2O3S. The molecule has 1 N–H and O–H groups in total. The first kappa shape index (κ1) is 14.8. The maximum absolute atomic E-state index is 11.6. The monoisotopic (exact) mass is 238 g/mol. The zero-order chi connectivity index (χ0) is 11.9. The van der Waals surface area contributed by atoms with Gasteiger partial charge in [0.1, 0.15) is 0 Å². The van der Waals surface area contributed by atoms with Gasteiger partial charge < -0.3 is 10.1 Å². The van der Waals surface area contributed by atoms with Gasteiger partial charge >= 0.3 is 0 Å². The number of nitrogens with zero attached hydrogens (tertiary/aromatic N) is 1. The Balaban J connectivity index is 3.95. The first-order valence-electron chi connectivity index (χ1n) is 5.06. The van der Waals surface area contributed by atoms with Gasteiger partial charge in [-0.1, -0.05) is 13.8 Å². The van der Waals surface area contributed by atoms with Crippen molar-refractivity contribution in [2.45, 2.75) is 19.9 Å². The van der Waals surface area contributed by atoms with Crippen LogP contribution in [0.5, 0.6) is 0 Å². The van der Waals surface area contributed by atoms with Gasteiger partial charge in [0.15, 0.2) is 0 Å². The molecule has 6 heteroatoms. The Morgan fingerprint density at radius 1 is 1.40 bits per heavy atom. The lowest BCUT2D eigenvalue weighted by atomic mass is 10.4. The van der Waals surface area contributed by atoms with Crippen LogP contribution in [-0.2, 0) is 14.8 Å². The van der Waals surface area contributed by atoms with E-state index in [4.69, 9.17) is 4.74 Å².